The lowest BCUT2D eigenvalue weighted by Gasteiger charge is -2.10. The molecule has 0 aliphatic heterocycles. The second-order valence-corrected chi connectivity index (χ2v) is 5.83. The number of hydrogen-bond donors (Lipinski definition) is 1. The lowest BCUT2D eigenvalue weighted by Crippen LogP contribution is -2.11. The van der Waals surface area contributed by atoms with Gasteiger partial charge in [0.25, 0.3) is 0 Å². The second-order valence-electron chi connectivity index (χ2n) is 5.39. The first kappa shape index (κ1) is 19.5. The van der Waals surface area contributed by atoms with Crippen molar-refractivity contribution in [3.63, 3.8) is 0 Å². The Morgan fingerprint density at radius 3 is 1.92 bits per heavy atom. The van der Waals surface area contributed by atoms with Gasteiger partial charge in [-0.2, -0.15) is 0 Å². The van der Waals surface area contributed by atoms with E-state index in [1.54, 1.807) is 36.4 Å². The fourth-order valence-electron chi connectivity index (χ4n) is 2.30. The summed E-state index contributed by atoms with van der Waals surface area (Å²) < 4.78 is 9.37. The third kappa shape index (κ3) is 5.07. The summed E-state index contributed by atoms with van der Waals surface area (Å²) in [5.41, 5.74) is 1.50. The molecule has 0 fully saturated rings. The molecule has 2 aromatic carbocycles. The summed E-state index contributed by atoms with van der Waals surface area (Å²) in [6.45, 7) is 0.326. The van der Waals surface area contributed by atoms with Crippen molar-refractivity contribution in [2.45, 2.75) is 6.42 Å². The molecule has 2 aromatic rings. The number of ether oxygens (including phenoxy) is 2. The molecule has 26 heavy (non-hydrogen) atoms. The van der Waals surface area contributed by atoms with Crippen molar-refractivity contribution in [2.24, 2.45) is 0 Å². The summed E-state index contributed by atoms with van der Waals surface area (Å²) in [5, 5.41) is 3.60. The van der Waals surface area contributed by atoms with Crippen LogP contribution in [0, 0.1) is 0 Å². The highest BCUT2D eigenvalue weighted by molar-refractivity contribution is 6.30. The van der Waals surface area contributed by atoms with Crippen LogP contribution in [-0.4, -0.2) is 38.5 Å². The van der Waals surface area contributed by atoms with Crippen LogP contribution >= 0.6 is 11.6 Å². The van der Waals surface area contributed by atoms with Crippen LogP contribution in [0.4, 0.5) is 5.69 Å². The Bertz CT molecular complexity index is 783. The van der Waals surface area contributed by atoms with Crippen LogP contribution in [0.15, 0.2) is 42.5 Å². The Kier molecular flexibility index (Phi) is 6.74. The SMILES string of the molecule is COC(=O)c1cc(NCCC(=O)c2ccc(Cl)cc2)cc(C(=O)OC)c1. The van der Waals surface area contributed by atoms with Gasteiger partial charge in [0.2, 0.25) is 0 Å². The van der Waals surface area contributed by atoms with Crippen molar-refractivity contribution < 1.29 is 23.9 Å². The molecule has 0 aliphatic carbocycles. The van der Waals surface area contributed by atoms with E-state index in [1.165, 1.54) is 20.3 Å². The van der Waals surface area contributed by atoms with Crippen LogP contribution in [0.25, 0.3) is 0 Å². The van der Waals surface area contributed by atoms with E-state index in [0.717, 1.165) is 0 Å². The molecule has 0 saturated heterocycles. The van der Waals surface area contributed by atoms with Gasteiger partial charge < -0.3 is 14.8 Å². The van der Waals surface area contributed by atoms with Crippen molar-refractivity contribution in [2.75, 3.05) is 26.1 Å². The molecule has 0 radical (unpaired) electrons. The first-order chi connectivity index (χ1) is 12.4. The maximum Gasteiger partial charge on any atom is 0.337 e. The zero-order valence-corrected chi connectivity index (χ0v) is 15.1. The summed E-state index contributed by atoms with van der Waals surface area (Å²) in [6, 6.07) is 11.1. The molecule has 7 heteroatoms. The van der Waals surface area contributed by atoms with E-state index in [-0.39, 0.29) is 23.3 Å². The number of ketones is 1. The molecule has 0 heterocycles. The minimum Gasteiger partial charge on any atom is -0.465 e. The van der Waals surface area contributed by atoms with E-state index in [1.807, 2.05) is 0 Å². The molecule has 136 valence electrons. The first-order valence-corrected chi connectivity index (χ1v) is 8.16. The highest BCUT2D eigenvalue weighted by Crippen LogP contribution is 2.17. The van der Waals surface area contributed by atoms with E-state index in [2.05, 4.69) is 14.8 Å². The molecule has 0 atom stereocenters. The summed E-state index contributed by atoms with van der Waals surface area (Å²) in [7, 11) is 2.51. The molecule has 1 N–H and O–H groups in total. The number of hydrogen-bond acceptors (Lipinski definition) is 6. The Hall–Kier alpha value is -2.86. The molecule has 2 rings (SSSR count). The normalized spacial score (nSPS) is 10.1. The van der Waals surface area contributed by atoms with Gasteiger partial charge in [0.1, 0.15) is 0 Å². The standard InChI is InChI=1S/C19H18ClNO5/c1-25-18(23)13-9-14(19(24)26-2)11-16(10-13)21-8-7-17(22)12-3-5-15(20)6-4-12/h3-6,9-11,21H,7-8H2,1-2H3. The number of carbonyl (C=O) groups excluding carboxylic acids is 3. The van der Waals surface area contributed by atoms with Crippen molar-refractivity contribution in [3.05, 3.63) is 64.2 Å². The molecule has 0 amide bonds. The van der Waals surface area contributed by atoms with Gasteiger partial charge in [-0.1, -0.05) is 11.6 Å². The maximum absolute atomic E-state index is 12.2. The van der Waals surface area contributed by atoms with Gasteiger partial charge in [-0.05, 0) is 42.5 Å². The minimum atomic E-state index is -0.573. The number of carbonyl (C=O) groups is 3. The molecule has 0 saturated carbocycles. The van der Waals surface area contributed by atoms with Crippen LogP contribution in [-0.2, 0) is 9.47 Å². The average Bonchev–Trinajstić information content (AvgIpc) is 2.66. The van der Waals surface area contributed by atoms with Crippen LogP contribution in [0.5, 0.6) is 0 Å². The molecule has 0 bridgehead atoms. The van der Waals surface area contributed by atoms with Gasteiger partial charge in [0.05, 0.1) is 25.3 Å². The van der Waals surface area contributed by atoms with Gasteiger partial charge in [-0.25, -0.2) is 9.59 Å². The number of Topliss-reactive ketones (excluding diaryl/α,β-unsaturated/α-hetero) is 1. The Labute approximate surface area is 156 Å². The number of anilines is 1. The van der Waals surface area contributed by atoms with E-state index in [4.69, 9.17) is 11.6 Å². The molecular weight excluding hydrogens is 358 g/mol. The smallest absolute Gasteiger partial charge is 0.337 e. The van der Waals surface area contributed by atoms with Crippen molar-refractivity contribution in [3.8, 4) is 0 Å². The molecule has 6 nitrogen and oxygen atoms in total. The number of methoxy groups -OCH3 is 2. The van der Waals surface area contributed by atoms with Gasteiger partial charge in [0, 0.05) is 29.2 Å². The predicted octanol–water partition coefficient (Wildman–Crippen LogP) is 3.60. The summed E-state index contributed by atoms with van der Waals surface area (Å²) in [4.78, 5) is 35.7. The van der Waals surface area contributed by atoms with Crippen LogP contribution < -0.4 is 5.32 Å². The molecule has 0 unspecified atom stereocenters. The van der Waals surface area contributed by atoms with Gasteiger partial charge >= 0.3 is 11.9 Å². The maximum atomic E-state index is 12.2. The minimum absolute atomic E-state index is 0.0496. The second kappa shape index (κ2) is 9.01. The quantitative estimate of drug-likeness (QED) is 0.588. The van der Waals surface area contributed by atoms with Crippen molar-refractivity contribution in [1.82, 2.24) is 0 Å². The fourth-order valence-corrected chi connectivity index (χ4v) is 2.43. The zero-order valence-electron chi connectivity index (χ0n) is 14.4. The highest BCUT2D eigenvalue weighted by atomic mass is 35.5. The van der Waals surface area contributed by atoms with Gasteiger partial charge in [0.15, 0.2) is 5.78 Å². The van der Waals surface area contributed by atoms with E-state index >= 15 is 0 Å². The number of esters is 2. The lowest BCUT2D eigenvalue weighted by atomic mass is 10.1. The Morgan fingerprint density at radius 1 is 0.885 bits per heavy atom. The van der Waals surface area contributed by atoms with Crippen molar-refractivity contribution in [1.29, 1.82) is 0 Å². The number of benzene rings is 2. The number of halogens is 1. The van der Waals surface area contributed by atoms with Crippen LogP contribution in [0.3, 0.4) is 0 Å². The number of nitrogens with one attached hydrogen (secondary N) is 1. The van der Waals surface area contributed by atoms with Gasteiger partial charge in [-0.3, -0.25) is 4.79 Å². The molecule has 0 spiro atoms. The van der Waals surface area contributed by atoms with Crippen LogP contribution in [0.1, 0.15) is 37.5 Å². The van der Waals surface area contributed by atoms with Crippen LogP contribution in [0.2, 0.25) is 5.02 Å². The predicted molar refractivity (Wildman–Crippen MR) is 98.0 cm³/mol. The summed E-state index contributed by atoms with van der Waals surface area (Å²) >= 11 is 5.81. The highest BCUT2D eigenvalue weighted by Gasteiger charge is 2.14. The third-order valence-corrected chi connectivity index (χ3v) is 3.87. The summed E-state index contributed by atoms with van der Waals surface area (Å²) in [5.74, 6) is -1.20. The van der Waals surface area contributed by atoms with E-state index in [0.29, 0.717) is 22.8 Å². The zero-order chi connectivity index (χ0) is 19.1. The van der Waals surface area contributed by atoms with E-state index in [9.17, 15) is 14.4 Å². The Balaban J connectivity index is 2.08. The van der Waals surface area contributed by atoms with Crippen molar-refractivity contribution >= 4 is 35.0 Å². The molecular formula is C19H18ClNO5. The fraction of sp³-hybridized carbons (Fsp3) is 0.211. The first-order valence-electron chi connectivity index (χ1n) is 7.79. The summed E-state index contributed by atoms with van der Waals surface area (Å²) in [6.07, 6.45) is 0.234. The third-order valence-electron chi connectivity index (χ3n) is 3.62. The number of rotatable bonds is 7. The largest absolute Gasteiger partial charge is 0.465 e. The Morgan fingerprint density at radius 2 is 1.42 bits per heavy atom. The van der Waals surface area contributed by atoms with E-state index < -0.39 is 11.9 Å². The molecule has 0 aliphatic rings. The lowest BCUT2D eigenvalue weighted by molar-refractivity contribution is 0.0599. The topological polar surface area (TPSA) is 81.7 Å². The average molecular weight is 376 g/mol. The monoisotopic (exact) mass is 375 g/mol. The van der Waals surface area contributed by atoms with Gasteiger partial charge in [-0.15, -0.1) is 0 Å². The molecule has 0 aromatic heterocycles.